The highest BCUT2D eigenvalue weighted by Crippen LogP contribution is 2.16. The van der Waals surface area contributed by atoms with Crippen LogP contribution >= 0.6 is 0 Å². The Labute approximate surface area is 176 Å². The molecule has 1 amide bonds. The number of halogens is 1. The zero-order valence-corrected chi connectivity index (χ0v) is 16.0. The molecule has 0 fully saturated rings. The number of nitro groups is 1. The summed E-state index contributed by atoms with van der Waals surface area (Å²) in [7, 11) is 0. The van der Waals surface area contributed by atoms with Crippen LogP contribution in [0.2, 0.25) is 0 Å². The van der Waals surface area contributed by atoms with E-state index in [4.69, 9.17) is 4.74 Å². The Balaban J connectivity index is 1.56. The first-order valence-corrected chi connectivity index (χ1v) is 9.04. The van der Waals surface area contributed by atoms with Gasteiger partial charge in [-0.1, -0.05) is 36.4 Å². The van der Waals surface area contributed by atoms with Crippen LogP contribution in [-0.4, -0.2) is 23.0 Å². The maximum atomic E-state index is 13.7. The molecule has 0 saturated heterocycles. The summed E-state index contributed by atoms with van der Waals surface area (Å²) in [6.07, 6.45) is 1.35. The maximum Gasteiger partial charge on any atom is 0.346 e. The molecule has 0 aliphatic carbocycles. The Bertz CT molecular complexity index is 1150. The predicted molar refractivity (Wildman–Crippen MR) is 110 cm³/mol. The molecule has 1 N–H and O–H groups in total. The first-order chi connectivity index (χ1) is 14.9. The van der Waals surface area contributed by atoms with Crippen molar-refractivity contribution in [3.05, 3.63) is 105 Å². The van der Waals surface area contributed by atoms with Gasteiger partial charge < -0.3 is 4.74 Å². The van der Waals surface area contributed by atoms with Crippen LogP contribution in [0.25, 0.3) is 0 Å². The molecule has 8 nitrogen and oxygen atoms in total. The SMILES string of the molecule is O=C(Cc1ccc([N+](=O)[O-])cc1)N/N=C/c1cccc(OC(=O)c2ccccc2F)c1. The highest BCUT2D eigenvalue weighted by Gasteiger charge is 2.13. The summed E-state index contributed by atoms with van der Waals surface area (Å²) < 4.78 is 18.9. The second kappa shape index (κ2) is 9.88. The summed E-state index contributed by atoms with van der Waals surface area (Å²) in [5, 5.41) is 14.5. The first-order valence-electron chi connectivity index (χ1n) is 9.04. The molecule has 0 heterocycles. The topological polar surface area (TPSA) is 111 Å². The molecule has 3 aromatic carbocycles. The van der Waals surface area contributed by atoms with Crippen molar-refractivity contribution in [2.45, 2.75) is 6.42 Å². The third-order valence-electron chi connectivity index (χ3n) is 4.08. The van der Waals surface area contributed by atoms with E-state index in [0.29, 0.717) is 11.1 Å². The van der Waals surface area contributed by atoms with Gasteiger partial charge in [0.25, 0.3) is 5.69 Å². The third kappa shape index (κ3) is 6.04. The monoisotopic (exact) mass is 421 g/mol. The van der Waals surface area contributed by atoms with Crippen LogP contribution < -0.4 is 10.2 Å². The fourth-order valence-electron chi connectivity index (χ4n) is 2.59. The number of esters is 1. The van der Waals surface area contributed by atoms with Crippen molar-refractivity contribution in [3.63, 3.8) is 0 Å². The van der Waals surface area contributed by atoms with Gasteiger partial charge in [0.1, 0.15) is 11.6 Å². The molecule has 31 heavy (non-hydrogen) atoms. The molecule has 0 spiro atoms. The van der Waals surface area contributed by atoms with E-state index in [0.717, 1.165) is 0 Å². The number of nitrogens with one attached hydrogen (secondary N) is 1. The van der Waals surface area contributed by atoms with E-state index in [-0.39, 0.29) is 23.4 Å². The lowest BCUT2D eigenvalue weighted by atomic mass is 10.1. The Morgan fingerprint density at radius 2 is 1.81 bits per heavy atom. The molecule has 0 saturated carbocycles. The van der Waals surface area contributed by atoms with Crippen molar-refractivity contribution in [2.75, 3.05) is 0 Å². The normalized spacial score (nSPS) is 10.6. The van der Waals surface area contributed by atoms with Gasteiger partial charge in [-0.3, -0.25) is 14.9 Å². The fraction of sp³-hybridized carbons (Fsp3) is 0.0455. The zero-order valence-electron chi connectivity index (χ0n) is 16.0. The first kappa shape index (κ1) is 21.3. The van der Waals surface area contributed by atoms with Gasteiger partial charge in [0, 0.05) is 12.1 Å². The lowest BCUT2D eigenvalue weighted by Crippen LogP contribution is -2.19. The molecule has 0 aliphatic rings. The van der Waals surface area contributed by atoms with Gasteiger partial charge in [-0.15, -0.1) is 0 Å². The van der Waals surface area contributed by atoms with Gasteiger partial charge in [0.2, 0.25) is 5.91 Å². The number of hydrogen-bond donors (Lipinski definition) is 1. The van der Waals surface area contributed by atoms with E-state index >= 15 is 0 Å². The Hall–Kier alpha value is -4.40. The summed E-state index contributed by atoms with van der Waals surface area (Å²) in [5.74, 6) is -1.73. The van der Waals surface area contributed by atoms with Crippen LogP contribution in [0.1, 0.15) is 21.5 Å². The number of non-ortho nitro benzene ring substituents is 1. The lowest BCUT2D eigenvalue weighted by Gasteiger charge is -2.05. The number of hydrazone groups is 1. The standard InChI is InChI=1S/C22H16FN3O5/c23-20-7-2-1-6-19(20)22(28)31-18-5-3-4-16(12-18)14-24-25-21(27)13-15-8-10-17(11-9-15)26(29)30/h1-12,14H,13H2,(H,25,27)/b24-14+. The smallest absolute Gasteiger partial charge is 0.346 e. The van der Waals surface area contributed by atoms with Crippen LogP contribution in [0, 0.1) is 15.9 Å². The number of amides is 1. The van der Waals surface area contributed by atoms with Gasteiger partial charge in [0.15, 0.2) is 0 Å². The molecule has 9 heteroatoms. The molecule has 0 atom stereocenters. The summed E-state index contributed by atoms with van der Waals surface area (Å²) >= 11 is 0. The predicted octanol–water partition coefficient (Wildman–Crippen LogP) is 3.65. The molecule has 0 aromatic heterocycles. The number of benzene rings is 3. The van der Waals surface area contributed by atoms with Crippen LogP contribution in [0.3, 0.4) is 0 Å². The Morgan fingerprint density at radius 1 is 1.06 bits per heavy atom. The minimum Gasteiger partial charge on any atom is -0.423 e. The maximum absolute atomic E-state index is 13.7. The minimum atomic E-state index is -0.830. The van der Waals surface area contributed by atoms with Crippen LogP contribution in [0.5, 0.6) is 5.75 Å². The molecule has 0 radical (unpaired) electrons. The van der Waals surface area contributed by atoms with E-state index in [9.17, 15) is 24.1 Å². The van der Waals surface area contributed by atoms with Gasteiger partial charge in [-0.2, -0.15) is 5.10 Å². The van der Waals surface area contributed by atoms with E-state index in [1.54, 1.807) is 12.1 Å². The summed E-state index contributed by atoms with van der Waals surface area (Å²) in [4.78, 5) is 34.2. The molecule has 0 bridgehead atoms. The molecular weight excluding hydrogens is 405 g/mol. The number of carbonyl (C=O) groups is 2. The molecule has 3 aromatic rings. The number of hydrogen-bond acceptors (Lipinski definition) is 6. The Kier molecular flexibility index (Phi) is 6.79. The van der Waals surface area contributed by atoms with Gasteiger partial charge in [-0.25, -0.2) is 14.6 Å². The van der Waals surface area contributed by atoms with Gasteiger partial charge in [0.05, 0.1) is 23.1 Å². The quantitative estimate of drug-likeness (QED) is 0.206. The molecule has 0 unspecified atom stereocenters. The van der Waals surface area contributed by atoms with Crippen LogP contribution in [0.4, 0.5) is 10.1 Å². The largest absolute Gasteiger partial charge is 0.423 e. The number of ether oxygens (including phenoxy) is 1. The van der Waals surface area contributed by atoms with Crippen molar-refractivity contribution in [1.82, 2.24) is 5.43 Å². The zero-order chi connectivity index (χ0) is 22.2. The number of rotatable bonds is 7. The van der Waals surface area contributed by atoms with Crippen molar-refractivity contribution >= 4 is 23.8 Å². The lowest BCUT2D eigenvalue weighted by molar-refractivity contribution is -0.384. The third-order valence-corrected chi connectivity index (χ3v) is 4.08. The summed E-state index contributed by atoms with van der Waals surface area (Å²) in [6.45, 7) is 0. The average Bonchev–Trinajstić information content (AvgIpc) is 2.74. The highest BCUT2D eigenvalue weighted by molar-refractivity contribution is 5.91. The van der Waals surface area contributed by atoms with E-state index in [2.05, 4.69) is 10.5 Å². The number of nitrogens with zero attached hydrogens (tertiary/aromatic N) is 2. The van der Waals surface area contributed by atoms with E-state index in [1.165, 1.54) is 66.9 Å². The van der Waals surface area contributed by atoms with Gasteiger partial charge in [-0.05, 0) is 35.4 Å². The van der Waals surface area contributed by atoms with Crippen molar-refractivity contribution in [2.24, 2.45) is 5.10 Å². The second-order valence-electron chi connectivity index (χ2n) is 6.34. The van der Waals surface area contributed by atoms with Crippen molar-refractivity contribution < 1.29 is 23.6 Å². The molecule has 0 aliphatic heterocycles. The molecule has 3 rings (SSSR count). The minimum absolute atomic E-state index is 0.00434. The Morgan fingerprint density at radius 3 is 2.52 bits per heavy atom. The number of carbonyl (C=O) groups excluding carboxylic acids is 2. The van der Waals surface area contributed by atoms with E-state index < -0.39 is 22.6 Å². The summed E-state index contributed by atoms with van der Waals surface area (Å²) in [5.41, 5.74) is 3.25. The fourth-order valence-corrected chi connectivity index (χ4v) is 2.59. The number of nitro benzene ring substituents is 1. The van der Waals surface area contributed by atoms with Crippen LogP contribution in [0.15, 0.2) is 77.9 Å². The molecular formula is C22H16FN3O5. The average molecular weight is 421 g/mol. The van der Waals surface area contributed by atoms with Gasteiger partial charge >= 0.3 is 5.97 Å². The van der Waals surface area contributed by atoms with Crippen molar-refractivity contribution in [3.8, 4) is 5.75 Å². The molecule has 156 valence electrons. The van der Waals surface area contributed by atoms with Crippen molar-refractivity contribution in [1.29, 1.82) is 0 Å². The van der Waals surface area contributed by atoms with Crippen LogP contribution in [-0.2, 0) is 11.2 Å². The second-order valence-corrected chi connectivity index (χ2v) is 6.34. The summed E-state index contributed by atoms with van der Waals surface area (Å²) in [6, 6.07) is 17.4. The van der Waals surface area contributed by atoms with E-state index in [1.807, 2.05) is 0 Å². The highest BCUT2D eigenvalue weighted by atomic mass is 19.1.